The van der Waals surface area contributed by atoms with Gasteiger partial charge in [-0.25, -0.2) is 10.2 Å². The van der Waals surface area contributed by atoms with Crippen molar-refractivity contribution >= 4 is 41.3 Å². The normalized spacial score (nSPS) is 10.4. The molecule has 0 bridgehead atoms. The highest BCUT2D eigenvalue weighted by Crippen LogP contribution is 2.29. The fourth-order valence-electron chi connectivity index (χ4n) is 2.77. The second-order valence-electron chi connectivity index (χ2n) is 6.63. The van der Waals surface area contributed by atoms with Crippen molar-refractivity contribution in [3.05, 3.63) is 82.9 Å². The van der Waals surface area contributed by atoms with Crippen LogP contribution in [0.15, 0.2) is 71.8 Å². The largest absolute Gasteiger partial charge is 0.495 e. The van der Waals surface area contributed by atoms with E-state index in [1.807, 2.05) is 0 Å². The topological polar surface area (TPSA) is 115 Å². The van der Waals surface area contributed by atoms with E-state index in [1.54, 1.807) is 60.7 Å². The number of benzene rings is 3. The zero-order valence-electron chi connectivity index (χ0n) is 18.2. The van der Waals surface area contributed by atoms with Gasteiger partial charge in [0.05, 0.1) is 36.7 Å². The first-order valence-corrected chi connectivity index (χ1v) is 10.2. The Bertz CT molecular complexity index is 1240. The second-order valence-corrected chi connectivity index (χ2v) is 7.04. The summed E-state index contributed by atoms with van der Waals surface area (Å²) < 4.78 is 15.8. The maximum absolute atomic E-state index is 12.4. The van der Waals surface area contributed by atoms with Crippen molar-refractivity contribution in [3.63, 3.8) is 0 Å². The molecule has 0 radical (unpaired) electrons. The van der Waals surface area contributed by atoms with Gasteiger partial charge in [-0.3, -0.25) is 9.59 Å². The van der Waals surface area contributed by atoms with Crippen molar-refractivity contribution in [2.75, 3.05) is 19.5 Å². The molecule has 0 aliphatic rings. The predicted octanol–water partition coefficient (Wildman–Crippen LogP) is 3.67. The summed E-state index contributed by atoms with van der Waals surface area (Å²) in [6.45, 7) is 0. The quantitative estimate of drug-likeness (QED) is 0.175. The van der Waals surface area contributed by atoms with E-state index >= 15 is 0 Å². The van der Waals surface area contributed by atoms with Crippen molar-refractivity contribution in [1.82, 2.24) is 5.43 Å². The Morgan fingerprint density at radius 3 is 2.29 bits per heavy atom. The number of ether oxygens (including phenoxy) is 3. The summed E-state index contributed by atoms with van der Waals surface area (Å²) in [6, 6.07) is 17.8. The lowest BCUT2D eigenvalue weighted by atomic mass is 10.2. The van der Waals surface area contributed by atoms with Gasteiger partial charge < -0.3 is 19.5 Å². The van der Waals surface area contributed by atoms with E-state index in [0.717, 1.165) is 0 Å². The van der Waals surface area contributed by atoms with Crippen LogP contribution in [0.3, 0.4) is 0 Å². The number of hydrogen-bond acceptors (Lipinski definition) is 7. The summed E-state index contributed by atoms with van der Waals surface area (Å²) in [5.74, 6) is -1.69. The third-order valence-corrected chi connectivity index (χ3v) is 4.75. The van der Waals surface area contributed by atoms with E-state index < -0.39 is 17.8 Å². The Morgan fingerprint density at radius 2 is 1.56 bits per heavy atom. The summed E-state index contributed by atoms with van der Waals surface area (Å²) in [4.78, 5) is 36.5. The van der Waals surface area contributed by atoms with Gasteiger partial charge >= 0.3 is 17.8 Å². The zero-order valence-corrected chi connectivity index (χ0v) is 19.0. The Labute approximate surface area is 200 Å². The number of rotatable bonds is 7. The highest BCUT2D eigenvalue weighted by molar-refractivity contribution is 6.39. The van der Waals surface area contributed by atoms with Gasteiger partial charge in [-0.05, 0) is 48.0 Å². The molecule has 3 aromatic carbocycles. The lowest BCUT2D eigenvalue weighted by Gasteiger charge is -2.10. The average molecular weight is 482 g/mol. The maximum atomic E-state index is 12.4. The minimum absolute atomic E-state index is 0.171. The van der Waals surface area contributed by atoms with Crippen LogP contribution in [0.2, 0.25) is 5.02 Å². The van der Waals surface area contributed by atoms with Crippen LogP contribution in [0, 0.1) is 0 Å². The van der Waals surface area contributed by atoms with Crippen molar-refractivity contribution < 1.29 is 28.6 Å². The SMILES string of the molecule is COc1ccccc1NC(=O)C(=O)N/N=C/c1ccc(OC(=O)c2ccccc2Cl)c(OC)c1. The molecule has 0 fully saturated rings. The van der Waals surface area contributed by atoms with E-state index in [4.69, 9.17) is 25.8 Å². The van der Waals surface area contributed by atoms with Crippen LogP contribution in [0.1, 0.15) is 15.9 Å². The van der Waals surface area contributed by atoms with Crippen molar-refractivity contribution in [1.29, 1.82) is 0 Å². The fourth-order valence-corrected chi connectivity index (χ4v) is 2.99. The van der Waals surface area contributed by atoms with Crippen LogP contribution in [-0.4, -0.2) is 38.2 Å². The second kappa shape index (κ2) is 11.5. The molecule has 174 valence electrons. The van der Waals surface area contributed by atoms with E-state index in [0.29, 0.717) is 17.0 Å². The van der Waals surface area contributed by atoms with Crippen LogP contribution in [-0.2, 0) is 9.59 Å². The Kier molecular flexibility index (Phi) is 8.20. The lowest BCUT2D eigenvalue weighted by molar-refractivity contribution is -0.136. The van der Waals surface area contributed by atoms with Crippen molar-refractivity contribution in [2.45, 2.75) is 0 Å². The molecule has 9 nitrogen and oxygen atoms in total. The summed E-state index contributed by atoms with van der Waals surface area (Å²) in [6.07, 6.45) is 1.30. The number of hydrogen-bond donors (Lipinski definition) is 2. The van der Waals surface area contributed by atoms with Crippen LogP contribution in [0.5, 0.6) is 17.2 Å². The molecular weight excluding hydrogens is 462 g/mol. The van der Waals surface area contributed by atoms with E-state index in [1.165, 1.54) is 26.5 Å². The molecule has 2 N–H and O–H groups in total. The Hall–Kier alpha value is -4.37. The lowest BCUT2D eigenvalue weighted by Crippen LogP contribution is -2.32. The monoisotopic (exact) mass is 481 g/mol. The molecule has 2 amide bonds. The molecule has 0 atom stereocenters. The van der Waals surface area contributed by atoms with Crippen LogP contribution in [0.25, 0.3) is 0 Å². The number of esters is 1. The first-order chi connectivity index (χ1) is 16.4. The van der Waals surface area contributed by atoms with Crippen LogP contribution >= 0.6 is 11.6 Å². The van der Waals surface area contributed by atoms with Gasteiger partial charge in [0, 0.05) is 0 Å². The van der Waals surface area contributed by atoms with Gasteiger partial charge in [0.15, 0.2) is 11.5 Å². The maximum Gasteiger partial charge on any atom is 0.345 e. The number of carbonyl (C=O) groups is 3. The number of halogens is 1. The van der Waals surface area contributed by atoms with Crippen LogP contribution in [0.4, 0.5) is 5.69 Å². The summed E-state index contributed by atoms with van der Waals surface area (Å²) in [5.41, 5.74) is 3.21. The van der Waals surface area contributed by atoms with E-state index in [9.17, 15) is 14.4 Å². The van der Waals surface area contributed by atoms with Gasteiger partial charge in [-0.15, -0.1) is 0 Å². The summed E-state index contributed by atoms with van der Waals surface area (Å²) >= 11 is 6.03. The highest BCUT2D eigenvalue weighted by atomic mass is 35.5. The van der Waals surface area contributed by atoms with Gasteiger partial charge in [0.2, 0.25) is 0 Å². The summed E-state index contributed by atoms with van der Waals surface area (Å²) in [7, 11) is 2.86. The number of methoxy groups -OCH3 is 2. The molecule has 0 aliphatic carbocycles. The first-order valence-electron chi connectivity index (χ1n) is 9.85. The highest BCUT2D eigenvalue weighted by Gasteiger charge is 2.16. The third-order valence-electron chi connectivity index (χ3n) is 4.43. The van der Waals surface area contributed by atoms with E-state index in [2.05, 4.69) is 15.8 Å². The Balaban J connectivity index is 1.62. The van der Waals surface area contributed by atoms with Crippen molar-refractivity contribution in [3.8, 4) is 17.2 Å². The molecule has 0 aliphatic heterocycles. The molecule has 3 rings (SSSR count). The summed E-state index contributed by atoms with van der Waals surface area (Å²) in [5, 5.41) is 6.48. The van der Waals surface area contributed by atoms with Crippen molar-refractivity contribution in [2.24, 2.45) is 5.10 Å². The third kappa shape index (κ3) is 6.11. The molecule has 0 aromatic heterocycles. The number of anilines is 1. The number of amides is 2. The molecule has 34 heavy (non-hydrogen) atoms. The van der Waals surface area contributed by atoms with Gasteiger partial charge in [0.1, 0.15) is 5.75 Å². The van der Waals surface area contributed by atoms with Crippen LogP contribution < -0.4 is 25.0 Å². The predicted molar refractivity (Wildman–Crippen MR) is 127 cm³/mol. The Morgan fingerprint density at radius 1 is 0.853 bits per heavy atom. The standard InChI is InChI=1S/C24H20ClN3O6/c1-32-19-10-6-5-9-18(19)27-22(29)23(30)28-26-14-15-11-12-20(21(13-15)33-2)34-24(31)16-7-3-4-8-17(16)25/h3-14H,1-2H3,(H,27,29)(H,28,30)/b26-14+. The number of hydrazone groups is 1. The molecule has 0 saturated heterocycles. The molecule has 10 heteroatoms. The minimum atomic E-state index is -0.973. The molecule has 0 unspecified atom stereocenters. The molecule has 0 heterocycles. The molecular formula is C24H20ClN3O6. The number of nitrogens with zero attached hydrogens (tertiary/aromatic N) is 1. The fraction of sp³-hybridized carbons (Fsp3) is 0.0833. The minimum Gasteiger partial charge on any atom is -0.495 e. The first kappa shape index (κ1) is 24.3. The molecule has 0 saturated carbocycles. The van der Waals surface area contributed by atoms with Gasteiger partial charge in [-0.1, -0.05) is 35.9 Å². The molecule has 0 spiro atoms. The van der Waals surface area contributed by atoms with Gasteiger partial charge in [0.25, 0.3) is 0 Å². The number of carbonyl (C=O) groups excluding carboxylic acids is 3. The zero-order chi connectivity index (χ0) is 24.5. The average Bonchev–Trinajstić information content (AvgIpc) is 2.85. The number of nitrogens with one attached hydrogen (secondary N) is 2. The smallest absolute Gasteiger partial charge is 0.345 e. The van der Waals surface area contributed by atoms with E-state index in [-0.39, 0.29) is 22.1 Å². The molecule has 3 aromatic rings. The number of para-hydroxylation sites is 2. The van der Waals surface area contributed by atoms with Gasteiger partial charge in [-0.2, -0.15) is 5.10 Å².